The number of halogens is 1. The Kier molecular flexibility index (Phi) is 5.27. The molecule has 6 nitrogen and oxygen atoms in total. The van der Waals surface area contributed by atoms with Crippen molar-refractivity contribution >= 4 is 17.0 Å². The predicted molar refractivity (Wildman–Crippen MR) is 122 cm³/mol. The summed E-state index contributed by atoms with van der Waals surface area (Å²) in [6.07, 6.45) is 1.68. The predicted octanol–water partition coefficient (Wildman–Crippen LogP) is 4.73. The van der Waals surface area contributed by atoms with E-state index in [1.807, 2.05) is 51.1 Å². The number of ether oxygens (including phenoxy) is 1. The molecule has 4 heterocycles. The molecule has 4 aromatic rings. The van der Waals surface area contributed by atoms with Gasteiger partial charge in [-0.2, -0.15) is 4.98 Å². The van der Waals surface area contributed by atoms with Gasteiger partial charge in [-0.1, -0.05) is 6.07 Å². The lowest BCUT2D eigenvalue weighted by Gasteiger charge is -2.33. The van der Waals surface area contributed by atoms with Crippen LogP contribution in [0, 0.1) is 26.6 Å². The molecule has 5 rings (SSSR count). The molecule has 1 aliphatic heterocycles. The molecule has 1 atom stereocenters. The van der Waals surface area contributed by atoms with Gasteiger partial charge in [0.05, 0.1) is 18.8 Å². The van der Waals surface area contributed by atoms with Crippen LogP contribution in [0.15, 0.2) is 48.7 Å². The number of hydrogen-bond acceptors (Lipinski definition) is 6. The number of morpholine rings is 1. The average molecular weight is 429 g/mol. The summed E-state index contributed by atoms with van der Waals surface area (Å²) in [6, 6.07) is 13.0. The summed E-state index contributed by atoms with van der Waals surface area (Å²) in [6.45, 7) is 7.54. The lowest BCUT2D eigenvalue weighted by Crippen LogP contribution is -2.39. The molecule has 0 radical (unpaired) electrons. The molecule has 0 aliphatic carbocycles. The molecular weight excluding hydrogens is 405 g/mol. The van der Waals surface area contributed by atoms with Crippen molar-refractivity contribution in [3.05, 3.63) is 77.0 Å². The van der Waals surface area contributed by atoms with E-state index in [2.05, 4.69) is 14.9 Å². The Morgan fingerprint density at radius 1 is 0.969 bits per heavy atom. The highest BCUT2D eigenvalue weighted by Crippen LogP contribution is 2.32. The number of anilines is 1. The second kappa shape index (κ2) is 8.24. The summed E-state index contributed by atoms with van der Waals surface area (Å²) < 4.78 is 20.9. The highest BCUT2D eigenvalue weighted by Gasteiger charge is 2.25. The van der Waals surface area contributed by atoms with Gasteiger partial charge in [-0.15, -0.1) is 0 Å². The zero-order valence-corrected chi connectivity index (χ0v) is 18.3. The van der Waals surface area contributed by atoms with Crippen molar-refractivity contribution in [1.29, 1.82) is 0 Å². The molecule has 162 valence electrons. The van der Waals surface area contributed by atoms with E-state index in [1.165, 1.54) is 6.07 Å². The van der Waals surface area contributed by atoms with E-state index in [1.54, 1.807) is 12.3 Å². The summed E-state index contributed by atoms with van der Waals surface area (Å²) in [4.78, 5) is 20.6. The van der Waals surface area contributed by atoms with Gasteiger partial charge in [-0.25, -0.2) is 14.4 Å². The van der Waals surface area contributed by atoms with Crippen LogP contribution in [-0.4, -0.2) is 39.6 Å². The summed E-state index contributed by atoms with van der Waals surface area (Å²) in [7, 11) is 0. The minimum atomic E-state index is -0.302. The van der Waals surface area contributed by atoms with Gasteiger partial charge in [-0.05, 0) is 68.3 Å². The zero-order valence-electron chi connectivity index (χ0n) is 18.3. The van der Waals surface area contributed by atoms with E-state index in [9.17, 15) is 4.39 Å². The monoisotopic (exact) mass is 429 g/mol. The summed E-state index contributed by atoms with van der Waals surface area (Å²) in [5.41, 5.74) is 5.30. The third kappa shape index (κ3) is 3.91. The number of fused-ring (bicyclic) bond motifs is 1. The highest BCUT2D eigenvalue weighted by atomic mass is 19.1. The molecular formula is C25H24FN5O. The molecule has 1 aliphatic rings. The normalized spacial score (nSPS) is 16.5. The lowest BCUT2D eigenvalue weighted by atomic mass is 10.1. The van der Waals surface area contributed by atoms with E-state index < -0.39 is 0 Å². The second-order valence-corrected chi connectivity index (χ2v) is 8.22. The quantitative estimate of drug-likeness (QED) is 0.469. The van der Waals surface area contributed by atoms with Gasteiger partial charge in [0.2, 0.25) is 5.95 Å². The minimum Gasteiger partial charge on any atom is -0.370 e. The molecule has 1 saturated heterocycles. The molecule has 1 aromatic carbocycles. The van der Waals surface area contributed by atoms with E-state index in [4.69, 9.17) is 14.7 Å². The first-order valence-corrected chi connectivity index (χ1v) is 10.7. The molecule has 0 N–H and O–H groups in total. The maximum absolute atomic E-state index is 14.9. The number of aromatic nitrogens is 4. The van der Waals surface area contributed by atoms with E-state index in [0.29, 0.717) is 42.5 Å². The SMILES string of the molecule is Cc1ccc(-c2nc(N3CCO[C@H](c4ccnc(C)c4)C3)nc3nc(C)ccc23)c(F)c1. The fourth-order valence-corrected chi connectivity index (χ4v) is 4.05. The van der Waals surface area contributed by atoms with Crippen LogP contribution >= 0.6 is 0 Å². The van der Waals surface area contributed by atoms with Crippen LogP contribution in [0.2, 0.25) is 0 Å². The Morgan fingerprint density at radius 3 is 2.66 bits per heavy atom. The van der Waals surface area contributed by atoms with Gasteiger partial charge in [0.1, 0.15) is 11.9 Å². The number of hydrogen-bond donors (Lipinski definition) is 0. The van der Waals surface area contributed by atoms with Gasteiger partial charge >= 0.3 is 0 Å². The Hall–Kier alpha value is -3.45. The average Bonchev–Trinajstić information content (AvgIpc) is 2.78. The third-order valence-corrected chi connectivity index (χ3v) is 5.71. The van der Waals surface area contributed by atoms with Crippen LogP contribution < -0.4 is 4.90 Å². The van der Waals surface area contributed by atoms with Crippen LogP contribution in [0.1, 0.15) is 28.6 Å². The summed E-state index contributed by atoms with van der Waals surface area (Å²) in [5.74, 6) is 0.230. The molecule has 7 heteroatoms. The van der Waals surface area contributed by atoms with Gasteiger partial charge in [-0.3, -0.25) is 4.98 Å². The van der Waals surface area contributed by atoms with Crippen LogP contribution in [0.4, 0.5) is 10.3 Å². The Labute approximate surface area is 186 Å². The molecule has 0 spiro atoms. The maximum Gasteiger partial charge on any atom is 0.228 e. The fourth-order valence-electron chi connectivity index (χ4n) is 4.05. The Morgan fingerprint density at radius 2 is 1.84 bits per heavy atom. The number of pyridine rings is 2. The highest BCUT2D eigenvalue weighted by molar-refractivity contribution is 5.91. The third-order valence-electron chi connectivity index (χ3n) is 5.71. The number of benzene rings is 1. The van der Waals surface area contributed by atoms with Gasteiger partial charge in [0, 0.05) is 35.1 Å². The Bertz CT molecular complexity index is 1310. The number of rotatable bonds is 3. The molecule has 0 unspecified atom stereocenters. The molecule has 3 aromatic heterocycles. The topological polar surface area (TPSA) is 64.0 Å². The first kappa shape index (κ1) is 20.5. The van der Waals surface area contributed by atoms with Crippen LogP contribution in [0.3, 0.4) is 0 Å². The lowest BCUT2D eigenvalue weighted by molar-refractivity contribution is 0.0391. The maximum atomic E-state index is 14.9. The van der Waals surface area contributed by atoms with E-state index >= 15 is 0 Å². The van der Waals surface area contributed by atoms with Crippen LogP contribution in [0.25, 0.3) is 22.3 Å². The van der Waals surface area contributed by atoms with Crippen molar-refractivity contribution in [3.8, 4) is 11.3 Å². The van der Waals surface area contributed by atoms with Gasteiger partial charge in [0.25, 0.3) is 0 Å². The van der Waals surface area contributed by atoms with Crippen LogP contribution in [-0.2, 0) is 4.74 Å². The van der Waals surface area contributed by atoms with Crippen molar-refractivity contribution in [2.45, 2.75) is 26.9 Å². The number of aryl methyl sites for hydroxylation is 3. The van der Waals surface area contributed by atoms with Crippen molar-refractivity contribution in [1.82, 2.24) is 19.9 Å². The standard InChI is InChI=1S/C25H24FN5O/c1-15-4-6-19(21(26)12-15)23-20-7-5-16(2)28-24(20)30-25(29-23)31-10-11-32-22(14-31)18-8-9-27-17(3)13-18/h4-9,12-13,22H,10-11,14H2,1-3H3/t22-/m0/s1. The van der Waals surface area contributed by atoms with Gasteiger partial charge in [0.15, 0.2) is 5.65 Å². The molecule has 32 heavy (non-hydrogen) atoms. The first-order valence-electron chi connectivity index (χ1n) is 10.7. The van der Waals surface area contributed by atoms with Crippen molar-refractivity contribution in [2.24, 2.45) is 0 Å². The van der Waals surface area contributed by atoms with Crippen molar-refractivity contribution in [2.75, 3.05) is 24.6 Å². The summed E-state index contributed by atoms with van der Waals surface area (Å²) in [5, 5.41) is 0.733. The van der Waals surface area contributed by atoms with E-state index in [-0.39, 0.29) is 11.9 Å². The molecule has 0 amide bonds. The minimum absolute atomic E-state index is 0.116. The van der Waals surface area contributed by atoms with Crippen molar-refractivity contribution < 1.29 is 9.13 Å². The largest absolute Gasteiger partial charge is 0.370 e. The van der Waals surface area contributed by atoms with Gasteiger partial charge < -0.3 is 9.64 Å². The fraction of sp³-hybridized carbons (Fsp3) is 0.280. The molecule has 1 fully saturated rings. The smallest absolute Gasteiger partial charge is 0.228 e. The van der Waals surface area contributed by atoms with Crippen molar-refractivity contribution in [3.63, 3.8) is 0 Å². The molecule has 0 bridgehead atoms. The Balaban J connectivity index is 1.59. The van der Waals surface area contributed by atoms with Crippen LogP contribution in [0.5, 0.6) is 0 Å². The number of nitrogens with zero attached hydrogens (tertiary/aromatic N) is 5. The first-order chi connectivity index (χ1) is 15.5. The zero-order chi connectivity index (χ0) is 22.2. The second-order valence-electron chi connectivity index (χ2n) is 8.22. The summed E-state index contributed by atoms with van der Waals surface area (Å²) >= 11 is 0. The van der Waals surface area contributed by atoms with E-state index in [0.717, 1.165) is 27.9 Å². The molecule has 0 saturated carbocycles.